The van der Waals surface area contributed by atoms with Crippen LogP contribution < -0.4 is 0 Å². The second kappa shape index (κ2) is 14.9. The second-order valence-electron chi connectivity index (χ2n) is 4.76. The van der Waals surface area contributed by atoms with Crippen LogP contribution in [-0.2, 0) is 14.2 Å². The Bertz CT molecular complexity index is 151. The van der Waals surface area contributed by atoms with Gasteiger partial charge in [0.25, 0.3) is 0 Å². The molecule has 3 heteroatoms. The molecule has 0 aliphatic rings. The van der Waals surface area contributed by atoms with Gasteiger partial charge < -0.3 is 14.2 Å². The van der Waals surface area contributed by atoms with E-state index in [-0.39, 0.29) is 0 Å². The van der Waals surface area contributed by atoms with E-state index in [1.54, 1.807) is 0 Å². The minimum atomic E-state index is 0.367. The molecule has 0 aliphatic carbocycles. The first-order valence-electron chi connectivity index (χ1n) is 7.58. The minimum Gasteiger partial charge on any atom is -0.381 e. The van der Waals surface area contributed by atoms with Crippen molar-refractivity contribution in [3.05, 3.63) is 0 Å². The average Bonchev–Trinajstić information content (AvgIpc) is 2.38. The molecule has 0 aromatic carbocycles. The van der Waals surface area contributed by atoms with Crippen molar-refractivity contribution in [2.24, 2.45) is 0 Å². The Morgan fingerprint density at radius 1 is 0.722 bits per heavy atom. The lowest BCUT2D eigenvalue weighted by Crippen LogP contribution is -2.13. The predicted octanol–water partition coefficient (Wildman–Crippen LogP) is 3.81. The van der Waals surface area contributed by atoms with E-state index in [9.17, 15) is 0 Å². The number of rotatable bonds is 14. The van der Waals surface area contributed by atoms with Gasteiger partial charge in [0.05, 0.1) is 19.3 Å². The SMILES string of the molecule is CCCCOCCCOCCOC(C)CCCC. The Balaban J connectivity index is 3.02. The van der Waals surface area contributed by atoms with Crippen molar-refractivity contribution in [1.29, 1.82) is 0 Å². The molecule has 0 bridgehead atoms. The summed E-state index contributed by atoms with van der Waals surface area (Å²) in [6.07, 6.45) is 7.34. The summed E-state index contributed by atoms with van der Waals surface area (Å²) in [6, 6.07) is 0. The van der Waals surface area contributed by atoms with E-state index >= 15 is 0 Å². The molecule has 0 rings (SSSR count). The average molecular weight is 260 g/mol. The lowest BCUT2D eigenvalue weighted by atomic mass is 10.2. The summed E-state index contributed by atoms with van der Waals surface area (Å²) in [5, 5.41) is 0. The molecule has 0 saturated carbocycles. The number of hydrogen-bond donors (Lipinski definition) is 0. The van der Waals surface area contributed by atoms with Crippen LogP contribution in [0.2, 0.25) is 0 Å². The zero-order valence-electron chi connectivity index (χ0n) is 12.6. The molecule has 1 atom stereocenters. The Hall–Kier alpha value is -0.120. The van der Waals surface area contributed by atoms with Gasteiger partial charge in [-0.05, 0) is 26.2 Å². The predicted molar refractivity (Wildman–Crippen MR) is 76.1 cm³/mol. The smallest absolute Gasteiger partial charge is 0.0704 e. The van der Waals surface area contributed by atoms with Gasteiger partial charge in [0.1, 0.15) is 0 Å². The topological polar surface area (TPSA) is 27.7 Å². The van der Waals surface area contributed by atoms with Crippen molar-refractivity contribution in [3.63, 3.8) is 0 Å². The molecule has 0 N–H and O–H groups in total. The molecule has 18 heavy (non-hydrogen) atoms. The Labute approximate surface area is 113 Å². The molecule has 0 aromatic rings. The zero-order chi connectivity index (χ0) is 13.5. The molecule has 0 saturated heterocycles. The fraction of sp³-hybridized carbons (Fsp3) is 1.00. The standard InChI is InChI=1S/C15H32O3/c1-4-6-9-15(3)18-14-13-17-12-8-11-16-10-7-5-2/h15H,4-14H2,1-3H3. The maximum Gasteiger partial charge on any atom is 0.0704 e. The molecule has 0 heterocycles. The van der Waals surface area contributed by atoms with Crippen LogP contribution in [0.5, 0.6) is 0 Å². The second-order valence-corrected chi connectivity index (χ2v) is 4.76. The third kappa shape index (κ3) is 13.9. The molecular weight excluding hydrogens is 228 g/mol. The summed E-state index contributed by atoms with van der Waals surface area (Å²) in [5.41, 5.74) is 0. The minimum absolute atomic E-state index is 0.367. The van der Waals surface area contributed by atoms with Gasteiger partial charge in [0.2, 0.25) is 0 Å². The summed E-state index contributed by atoms with van der Waals surface area (Å²) in [4.78, 5) is 0. The van der Waals surface area contributed by atoms with Gasteiger partial charge in [-0.25, -0.2) is 0 Å². The number of unbranched alkanes of at least 4 members (excludes halogenated alkanes) is 2. The summed E-state index contributed by atoms with van der Waals surface area (Å²) in [5.74, 6) is 0. The van der Waals surface area contributed by atoms with E-state index in [1.165, 1.54) is 19.3 Å². The monoisotopic (exact) mass is 260 g/mol. The van der Waals surface area contributed by atoms with Crippen LogP contribution in [0.4, 0.5) is 0 Å². The largest absolute Gasteiger partial charge is 0.381 e. The lowest BCUT2D eigenvalue weighted by Gasteiger charge is -2.12. The van der Waals surface area contributed by atoms with Crippen molar-refractivity contribution in [3.8, 4) is 0 Å². The normalized spacial score (nSPS) is 12.8. The van der Waals surface area contributed by atoms with Crippen molar-refractivity contribution in [2.45, 2.75) is 65.4 Å². The first-order chi connectivity index (χ1) is 8.81. The first-order valence-corrected chi connectivity index (χ1v) is 7.58. The fourth-order valence-corrected chi connectivity index (χ4v) is 1.60. The molecular formula is C15H32O3. The van der Waals surface area contributed by atoms with Crippen LogP contribution >= 0.6 is 0 Å². The van der Waals surface area contributed by atoms with E-state index in [4.69, 9.17) is 14.2 Å². The highest BCUT2D eigenvalue weighted by molar-refractivity contribution is 4.49. The van der Waals surface area contributed by atoms with Crippen molar-refractivity contribution in [1.82, 2.24) is 0 Å². The number of hydrogen-bond acceptors (Lipinski definition) is 3. The van der Waals surface area contributed by atoms with E-state index in [0.29, 0.717) is 19.3 Å². The third-order valence-electron chi connectivity index (χ3n) is 2.81. The van der Waals surface area contributed by atoms with Crippen LogP contribution in [0.25, 0.3) is 0 Å². The summed E-state index contributed by atoms with van der Waals surface area (Å²) in [6.45, 7) is 10.4. The Morgan fingerprint density at radius 2 is 1.33 bits per heavy atom. The van der Waals surface area contributed by atoms with Crippen LogP contribution in [0.15, 0.2) is 0 Å². The summed E-state index contributed by atoms with van der Waals surface area (Å²) < 4.78 is 16.6. The molecule has 3 nitrogen and oxygen atoms in total. The van der Waals surface area contributed by atoms with E-state index in [2.05, 4.69) is 20.8 Å². The zero-order valence-corrected chi connectivity index (χ0v) is 12.6. The Kier molecular flexibility index (Phi) is 14.8. The highest BCUT2D eigenvalue weighted by Gasteiger charge is 2.00. The van der Waals surface area contributed by atoms with Gasteiger partial charge in [-0.1, -0.05) is 33.1 Å². The van der Waals surface area contributed by atoms with Gasteiger partial charge in [-0.3, -0.25) is 0 Å². The molecule has 0 amide bonds. The van der Waals surface area contributed by atoms with Gasteiger partial charge in [0, 0.05) is 19.8 Å². The fourth-order valence-electron chi connectivity index (χ4n) is 1.60. The van der Waals surface area contributed by atoms with Crippen molar-refractivity contribution >= 4 is 0 Å². The Morgan fingerprint density at radius 3 is 2.00 bits per heavy atom. The van der Waals surface area contributed by atoms with Crippen LogP contribution in [0.1, 0.15) is 59.3 Å². The highest BCUT2D eigenvalue weighted by atomic mass is 16.5. The molecule has 0 spiro atoms. The lowest BCUT2D eigenvalue weighted by molar-refractivity contribution is 0.00322. The first kappa shape index (κ1) is 17.9. The molecule has 0 aromatic heterocycles. The van der Waals surface area contributed by atoms with Gasteiger partial charge in [0.15, 0.2) is 0 Å². The van der Waals surface area contributed by atoms with Crippen molar-refractivity contribution < 1.29 is 14.2 Å². The quantitative estimate of drug-likeness (QED) is 0.445. The van der Waals surface area contributed by atoms with Gasteiger partial charge >= 0.3 is 0 Å². The maximum absolute atomic E-state index is 5.65. The van der Waals surface area contributed by atoms with Gasteiger partial charge in [-0.15, -0.1) is 0 Å². The van der Waals surface area contributed by atoms with Crippen molar-refractivity contribution in [2.75, 3.05) is 33.0 Å². The van der Waals surface area contributed by atoms with Crippen LogP contribution in [0, 0.1) is 0 Å². The van der Waals surface area contributed by atoms with Gasteiger partial charge in [-0.2, -0.15) is 0 Å². The summed E-state index contributed by atoms with van der Waals surface area (Å²) >= 11 is 0. The molecule has 1 unspecified atom stereocenters. The summed E-state index contributed by atoms with van der Waals surface area (Å²) in [7, 11) is 0. The number of ether oxygens (including phenoxy) is 3. The van der Waals surface area contributed by atoms with Crippen LogP contribution in [-0.4, -0.2) is 39.1 Å². The highest BCUT2D eigenvalue weighted by Crippen LogP contribution is 2.03. The molecule has 0 fully saturated rings. The third-order valence-corrected chi connectivity index (χ3v) is 2.81. The molecule has 0 aliphatic heterocycles. The maximum atomic E-state index is 5.65. The van der Waals surface area contributed by atoms with E-state index in [0.717, 1.165) is 39.1 Å². The van der Waals surface area contributed by atoms with E-state index in [1.807, 2.05) is 0 Å². The molecule has 110 valence electrons. The molecule has 0 radical (unpaired) electrons. The van der Waals surface area contributed by atoms with Crippen LogP contribution in [0.3, 0.4) is 0 Å². The van der Waals surface area contributed by atoms with E-state index < -0.39 is 0 Å².